The number of methoxy groups -OCH3 is 2. The Kier molecular flexibility index (Phi) is 7.61. The molecule has 214 valence electrons. The van der Waals surface area contributed by atoms with E-state index < -0.39 is 17.8 Å². The Labute approximate surface area is 234 Å². The van der Waals surface area contributed by atoms with Crippen molar-refractivity contribution in [1.82, 2.24) is 29.5 Å². The van der Waals surface area contributed by atoms with E-state index in [0.29, 0.717) is 22.8 Å². The smallest absolute Gasteiger partial charge is 0.434 e. The predicted octanol–water partition coefficient (Wildman–Crippen LogP) is 5.68. The number of halogens is 3. The van der Waals surface area contributed by atoms with E-state index in [9.17, 15) is 18.0 Å². The monoisotopic (exact) mass is 567 g/mol. The van der Waals surface area contributed by atoms with Gasteiger partial charge in [-0.15, -0.1) is 0 Å². The summed E-state index contributed by atoms with van der Waals surface area (Å²) in [5, 5.41) is 3.17. The quantitative estimate of drug-likeness (QED) is 0.255. The average molecular weight is 568 g/mol. The summed E-state index contributed by atoms with van der Waals surface area (Å²) >= 11 is 0. The molecule has 41 heavy (non-hydrogen) atoms. The van der Waals surface area contributed by atoms with Gasteiger partial charge in [-0.1, -0.05) is 24.3 Å². The molecular weight excluding hydrogens is 539 g/mol. The van der Waals surface area contributed by atoms with Gasteiger partial charge in [-0.2, -0.15) is 13.2 Å². The van der Waals surface area contributed by atoms with E-state index in [1.807, 2.05) is 0 Å². The first-order chi connectivity index (χ1) is 19.6. The van der Waals surface area contributed by atoms with Crippen LogP contribution in [-0.4, -0.2) is 49.7 Å². The zero-order valence-corrected chi connectivity index (χ0v) is 22.9. The maximum atomic E-state index is 13.3. The number of hydrogen-bond donors (Lipinski definition) is 1. The van der Waals surface area contributed by atoms with E-state index in [1.165, 1.54) is 31.3 Å². The minimum atomic E-state index is -4.54. The Balaban J connectivity index is 1.43. The van der Waals surface area contributed by atoms with Gasteiger partial charge < -0.3 is 19.4 Å². The molecule has 0 saturated heterocycles. The lowest BCUT2D eigenvalue weighted by Crippen LogP contribution is -2.12. The van der Waals surface area contributed by atoms with Crippen molar-refractivity contribution >= 4 is 11.8 Å². The number of nitrogens with one attached hydrogen (secondary N) is 1. The number of anilines is 1. The molecule has 4 aromatic rings. The molecule has 0 spiro atoms. The van der Waals surface area contributed by atoms with Gasteiger partial charge in [0.05, 0.1) is 19.9 Å². The number of nitrogens with zero attached hydrogens (tertiary/aromatic N) is 6. The molecule has 1 fully saturated rings. The second-order valence-corrected chi connectivity index (χ2v) is 9.86. The number of imidazole rings is 1. The van der Waals surface area contributed by atoms with E-state index in [1.54, 1.807) is 38.1 Å². The van der Waals surface area contributed by atoms with Gasteiger partial charge in [-0.05, 0) is 32.3 Å². The highest BCUT2D eigenvalue weighted by molar-refractivity contribution is 5.94. The molecule has 0 radical (unpaired) electrons. The lowest BCUT2D eigenvalue weighted by molar-refractivity contribution is -0.140. The zero-order chi connectivity index (χ0) is 29.3. The SMILES string of the molecule is COC(=O)c1cnc(-c2c(OC)ncnc2C2CC2)nc1NCc1ccc(-c2nc(C(F)(F)F)cn2C(C)C)cc1. The third-order valence-electron chi connectivity index (χ3n) is 6.67. The minimum Gasteiger partial charge on any atom is -0.480 e. The maximum Gasteiger partial charge on any atom is 0.434 e. The van der Waals surface area contributed by atoms with Crippen molar-refractivity contribution in [2.45, 2.75) is 51.4 Å². The number of carbonyl (C=O) groups excluding carboxylic acids is 1. The van der Waals surface area contributed by atoms with Gasteiger partial charge in [0.1, 0.15) is 29.1 Å². The van der Waals surface area contributed by atoms with Gasteiger partial charge in [0.15, 0.2) is 11.5 Å². The summed E-state index contributed by atoms with van der Waals surface area (Å²) in [6.45, 7) is 3.84. The maximum absolute atomic E-state index is 13.3. The first-order valence-corrected chi connectivity index (χ1v) is 12.9. The highest BCUT2D eigenvalue weighted by atomic mass is 19.4. The summed E-state index contributed by atoms with van der Waals surface area (Å²) in [7, 11) is 2.77. The van der Waals surface area contributed by atoms with E-state index in [2.05, 4.69) is 30.2 Å². The molecule has 10 nitrogen and oxygen atoms in total. The average Bonchev–Trinajstić information content (AvgIpc) is 3.71. The molecule has 1 aromatic carbocycles. The van der Waals surface area contributed by atoms with Crippen LogP contribution in [0.2, 0.25) is 0 Å². The molecule has 3 heterocycles. The van der Waals surface area contributed by atoms with Crippen LogP contribution < -0.4 is 10.1 Å². The summed E-state index contributed by atoms with van der Waals surface area (Å²) in [4.78, 5) is 34.0. The summed E-state index contributed by atoms with van der Waals surface area (Å²) in [5.74, 6) is 0.751. The summed E-state index contributed by atoms with van der Waals surface area (Å²) in [5.41, 5.74) is 1.89. The van der Waals surface area contributed by atoms with Crippen molar-refractivity contribution in [3.8, 4) is 28.7 Å². The highest BCUT2D eigenvalue weighted by Gasteiger charge is 2.35. The normalized spacial score (nSPS) is 13.4. The van der Waals surface area contributed by atoms with E-state index in [4.69, 9.17) is 9.47 Å². The number of aromatic nitrogens is 6. The number of carbonyl (C=O) groups is 1. The topological polar surface area (TPSA) is 117 Å². The van der Waals surface area contributed by atoms with Crippen LogP contribution in [0.5, 0.6) is 5.88 Å². The van der Waals surface area contributed by atoms with Crippen molar-refractivity contribution in [1.29, 1.82) is 0 Å². The minimum absolute atomic E-state index is 0.135. The second-order valence-electron chi connectivity index (χ2n) is 9.86. The van der Waals surface area contributed by atoms with Crippen molar-refractivity contribution in [2.75, 3.05) is 19.5 Å². The van der Waals surface area contributed by atoms with Crippen LogP contribution in [0.1, 0.15) is 66.0 Å². The van der Waals surface area contributed by atoms with E-state index >= 15 is 0 Å². The van der Waals surface area contributed by atoms with Gasteiger partial charge in [-0.25, -0.2) is 29.7 Å². The number of ether oxygens (including phenoxy) is 2. The van der Waals surface area contributed by atoms with Crippen molar-refractivity contribution < 1.29 is 27.4 Å². The largest absolute Gasteiger partial charge is 0.480 e. The fraction of sp³-hybridized carbons (Fsp3) is 0.357. The molecule has 1 saturated carbocycles. The number of rotatable bonds is 9. The van der Waals surface area contributed by atoms with Crippen LogP contribution in [-0.2, 0) is 17.5 Å². The van der Waals surface area contributed by atoms with Gasteiger partial charge >= 0.3 is 12.1 Å². The van der Waals surface area contributed by atoms with Crippen molar-refractivity contribution in [3.05, 3.63) is 65.5 Å². The van der Waals surface area contributed by atoms with Crippen LogP contribution in [0.25, 0.3) is 22.8 Å². The third-order valence-corrected chi connectivity index (χ3v) is 6.67. The molecule has 1 aliphatic carbocycles. The van der Waals surface area contributed by atoms with Crippen LogP contribution in [0.15, 0.2) is 43.0 Å². The summed E-state index contributed by atoms with van der Waals surface area (Å²) in [6, 6.07) is 6.74. The molecular formula is C28H28F3N7O3. The van der Waals surface area contributed by atoms with Gasteiger partial charge in [0, 0.05) is 36.5 Å². The molecule has 5 rings (SSSR count). The Hall–Kier alpha value is -4.55. The van der Waals surface area contributed by atoms with Crippen LogP contribution in [0.3, 0.4) is 0 Å². The number of benzene rings is 1. The molecule has 0 aliphatic heterocycles. The highest BCUT2D eigenvalue weighted by Crippen LogP contribution is 2.45. The second kappa shape index (κ2) is 11.1. The molecule has 1 aliphatic rings. The Morgan fingerprint density at radius 3 is 2.44 bits per heavy atom. The van der Waals surface area contributed by atoms with Crippen LogP contribution >= 0.6 is 0 Å². The summed E-state index contributed by atoms with van der Waals surface area (Å²) < 4.78 is 51.8. The van der Waals surface area contributed by atoms with Gasteiger partial charge in [-0.3, -0.25) is 0 Å². The predicted molar refractivity (Wildman–Crippen MR) is 143 cm³/mol. The first-order valence-electron chi connectivity index (χ1n) is 12.9. The zero-order valence-electron chi connectivity index (χ0n) is 22.9. The summed E-state index contributed by atoms with van der Waals surface area (Å²) in [6.07, 6.45) is 1.29. The third kappa shape index (κ3) is 5.83. The van der Waals surface area contributed by atoms with E-state index in [-0.39, 0.29) is 35.7 Å². The number of alkyl halides is 3. The van der Waals surface area contributed by atoms with Gasteiger partial charge in [0.2, 0.25) is 5.88 Å². The Bertz CT molecular complexity index is 1570. The molecule has 0 atom stereocenters. The molecule has 0 unspecified atom stereocenters. The van der Waals surface area contributed by atoms with E-state index in [0.717, 1.165) is 30.3 Å². The lowest BCUT2D eigenvalue weighted by Gasteiger charge is -2.14. The van der Waals surface area contributed by atoms with Crippen molar-refractivity contribution in [2.24, 2.45) is 0 Å². The van der Waals surface area contributed by atoms with Crippen molar-refractivity contribution in [3.63, 3.8) is 0 Å². The molecule has 0 amide bonds. The Morgan fingerprint density at radius 2 is 1.83 bits per heavy atom. The van der Waals surface area contributed by atoms with Crippen LogP contribution in [0.4, 0.5) is 19.0 Å². The lowest BCUT2D eigenvalue weighted by atomic mass is 10.1. The fourth-order valence-electron chi connectivity index (χ4n) is 4.40. The number of hydrogen-bond acceptors (Lipinski definition) is 9. The molecule has 0 bridgehead atoms. The fourth-order valence-corrected chi connectivity index (χ4v) is 4.40. The Morgan fingerprint density at radius 1 is 1.10 bits per heavy atom. The molecule has 13 heteroatoms. The first kappa shape index (κ1) is 28.0. The number of esters is 1. The molecule has 1 N–H and O–H groups in total. The van der Waals surface area contributed by atoms with Crippen LogP contribution in [0, 0.1) is 0 Å². The standard InChI is InChI=1S/C28H28F3N7O3/c1-15(2)38-13-20(28(29,30)31)36-25(38)18-7-5-16(6-8-18)11-32-23-19(27(39)41-4)12-33-24(37-23)21-22(17-9-10-17)34-14-35-26(21)40-3/h5-8,12-15,17H,9-11H2,1-4H3,(H,32,33,37). The molecule has 3 aromatic heterocycles. The van der Waals surface area contributed by atoms with Gasteiger partial charge in [0.25, 0.3) is 0 Å².